The van der Waals surface area contributed by atoms with Gasteiger partial charge in [-0.05, 0) is 49.9 Å². The molecule has 0 saturated carbocycles. The summed E-state index contributed by atoms with van der Waals surface area (Å²) in [5, 5.41) is 2.78. The second-order valence-corrected chi connectivity index (χ2v) is 8.65. The number of carbonyl (C=O) groups is 1. The lowest BCUT2D eigenvalue weighted by Gasteiger charge is -2.39. The third kappa shape index (κ3) is 5.55. The molecule has 0 spiro atoms. The summed E-state index contributed by atoms with van der Waals surface area (Å²) in [6, 6.07) is 5.28. The van der Waals surface area contributed by atoms with E-state index in [0.29, 0.717) is 42.3 Å². The number of aromatic nitrogens is 4. The van der Waals surface area contributed by atoms with Gasteiger partial charge in [0.15, 0.2) is 17.5 Å². The molecular formula is C24H24F4N6O. The normalized spacial score (nSPS) is 18.4. The first kappa shape index (κ1) is 24.5. The summed E-state index contributed by atoms with van der Waals surface area (Å²) in [4.78, 5) is 31.9. The first-order valence-corrected chi connectivity index (χ1v) is 11.2. The lowest BCUT2D eigenvalue weighted by Crippen LogP contribution is -2.49. The first-order valence-electron chi connectivity index (χ1n) is 11.2. The van der Waals surface area contributed by atoms with Crippen molar-refractivity contribution >= 4 is 11.7 Å². The largest absolute Gasteiger partial charge is 0.417 e. The van der Waals surface area contributed by atoms with E-state index in [4.69, 9.17) is 0 Å². The molecule has 1 saturated heterocycles. The summed E-state index contributed by atoms with van der Waals surface area (Å²) in [6.07, 6.45) is 0.533. The number of nitrogens with zero attached hydrogens (tertiary/aromatic N) is 5. The molecule has 0 aromatic carbocycles. The van der Waals surface area contributed by atoms with Gasteiger partial charge >= 0.3 is 6.18 Å². The number of hydrogen-bond acceptors (Lipinski definition) is 6. The van der Waals surface area contributed by atoms with Crippen LogP contribution in [-0.4, -0.2) is 49.9 Å². The number of nitrogens with one attached hydrogen (secondary N) is 1. The lowest BCUT2D eigenvalue weighted by molar-refractivity contribution is -0.138. The van der Waals surface area contributed by atoms with Gasteiger partial charge in [0.2, 0.25) is 0 Å². The third-order valence-electron chi connectivity index (χ3n) is 5.92. The molecule has 0 aliphatic carbocycles. The fraction of sp³-hybridized carbons (Fsp3) is 0.375. The zero-order valence-corrected chi connectivity index (χ0v) is 19.2. The molecule has 2 atom stereocenters. The molecule has 0 bridgehead atoms. The topological polar surface area (TPSA) is 83.9 Å². The zero-order valence-electron chi connectivity index (χ0n) is 19.2. The molecule has 1 N–H and O–H groups in total. The van der Waals surface area contributed by atoms with Crippen LogP contribution in [0, 0.1) is 18.7 Å². The average Bonchev–Trinajstić information content (AvgIpc) is 2.83. The van der Waals surface area contributed by atoms with Crippen molar-refractivity contribution in [3.05, 3.63) is 65.6 Å². The number of pyridine rings is 2. The molecule has 11 heteroatoms. The predicted molar refractivity (Wildman–Crippen MR) is 121 cm³/mol. The Balaban J connectivity index is 1.58. The molecule has 7 nitrogen and oxygen atoms in total. The van der Waals surface area contributed by atoms with Gasteiger partial charge in [-0.2, -0.15) is 13.2 Å². The van der Waals surface area contributed by atoms with Crippen LogP contribution in [0.5, 0.6) is 0 Å². The van der Waals surface area contributed by atoms with Crippen molar-refractivity contribution in [3.8, 4) is 11.4 Å². The van der Waals surface area contributed by atoms with Crippen LogP contribution in [0.4, 0.5) is 23.4 Å². The van der Waals surface area contributed by atoms with Crippen LogP contribution in [0.25, 0.3) is 11.4 Å². The van der Waals surface area contributed by atoms with E-state index in [2.05, 4.69) is 25.3 Å². The van der Waals surface area contributed by atoms with Crippen molar-refractivity contribution in [1.29, 1.82) is 0 Å². The number of aryl methyl sites for hydroxylation is 1. The highest BCUT2D eigenvalue weighted by Gasteiger charge is 2.34. The molecule has 1 fully saturated rings. The van der Waals surface area contributed by atoms with Gasteiger partial charge < -0.3 is 10.2 Å². The Bertz CT molecular complexity index is 1200. The van der Waals surface area contributed by atoms with Gasteiger partial charge in [-0.15, -0.1) is 0 Å². The molecule has 4 rings (SSSR count). The van der Waals surface area contributed by atoms with Gasteiger partial charge in [-0.1, -0.05) is 6.92 Å². The quantitative estimate of drug-likeness (QED) is 0.522. The van der Waals surface area contributed by atoms with Crippen LogP contribution in [0.3, 0.4) is 0 Å². The van der Waals surface area contributed by atoms with E-state index in [1.807, 2.05) is 6.92 Å². The molecule has 184 valence electrons. The Labute approximate surface area is 199 Å². The Morgan fingerprint density at radius 1 is 1.17 bits per heavy atom. The Morgan fingerprint density at radius 2 is 1.91 bits per heavy atom. The van der Waals surface area contributed by atoms with Crippen LogP contribution in [0.1, 0.15) is 41.5 Å². The third-order valence-corrected chi connectivity index (χ3v) is 5.92. The number of halogens is 4. The summed E-state index contributed by atoms with van der Waals surface area (Å²) in [5.41, 5.74) is 0.213. The van der Waals surface area contributed by atoms with E-state index < -0.39 is 17.6 Å². The maximum absolute atomic E-state index is 14.3. The van der Waals surface area contributed by atoms with E-state index in [9.17, 15) is 22.4 Å². The van der Waals surface area contributed by atoms with Gasteiger partial charge in [0, 0.05) is 43.4 Å². The summed E-state index contributed by atoms with van der Waals surface area (Å²) < 4.78 is 52.7. The number of alkyl halides is 3. The number of anilines is 1. The highest BCUT2D eigenvalue weighted by atomic mass is 19.4. The fourth-order valence-corrected chi connectivity index (χ4v) is 4.08. The Hall–Kier alpha value is -3.63. The molecule has 3 aromatic rings. The predicted octanol–water partition coefficient (Wildman–Crippen LogP) is 4.75. The van der Waals surface area contributed by atoms with Crippen molar-refractivity contribution in [3.63, 3.8) is 0 Å². The second kappa shape index (κ2) is 9.93. The van der Waals surface area contributed by atoms with Crippen LogP contribution in [0.2, 0.25) is 0 Å². The summed E-state index contributed by atoms with van der Waals surface area (Å²) in [5.74, 6) is -1.10. The van der Waals surface area contributed by atoms with Crippen molar-refractivity contribution in [2.45, 2.75) is 38.9 Å². The fourth-order valence-electron chi connectivity index (χ4n) is 4.08. The maximum atomic E-state index is 14.3. The number of rotatable bonds is 5. The van der Waals surface area contributed by atoms with Crippen molar-refractivity contribution in [1.82, 2.24) is 24.8 Å². The molecular weight excluding hydrogens is 464 g/mol. The van der Waals surface area contributed by atoms with Crippen molar-refractivity contribution in [2.24, 2.45) is 5.92 Å². The second-order valence-electron chi connectivity index (χ2n) is 8.65. The highest BCUT2D eigenvalue weighted by molar-refractivity contribution is 5.98. The van der Waals surface area contributed by atoms with Crippen LogP contribution < -0.4 is 5.32 Å². The van der Waals surface area contributed by atoms with Crippen LogP contribution >= 0.6 is 0 Å². The SMILES string of the molecule is Cc1ccc(-c2ncccn2)c(C(=O)N2C[C@@H](C)CC[C@H]2CNc2ncc(C(F)(F)F)cc2F)n1. The molecule has 35 heavy (non-hydrogen) atoms. The molecule has 1 aliphatic rings. The molecule has 0 radical (unpaired) electrons. The van der Waals surface area contributed by atoms with E-state index in [1.54, 1.807) is 42.4 Å². The van der Waals surface area contributed by atoms with E-state index in [-0.39, 0.29) is 35.9 Å². The lowest BCUT2D eigenvalue weighted by atomic mass is 9.93. The van der Waals surface area contributed by atoms with E-state index >= 15 is 0 Å². The number of hydrogen-bond donors (Lipinski definition) is 1. The Kier molecular flexibility index (Phi) is 6.95. The maximum Gasteiger partial charge on any atom is 0.417 e. The standard InChI is InChI=1S/C24H24F4N6O/c1-14-4-6-17(12-32-22-19(25)10-16(11-31-22)24(26,27)28)34(13-14)23(35)20-18(7-5-15(2)33-20)21-29-8-3-9-30-21/h3,5,7-11,14,17H,4,6,12-13H2,1-2H3,(H,31,32)/t14-,17-/m0/s1. The van der Waals surface area contributed by atoms with E-state index in [0.717, 1.165) is 6.42 Å². The minimum absolute atomic E-state index is 0.122. The molecule has 0 unspecified atom stereocenters. The number of likely N-dealkylation sites (tertiary alicyclic amines) is 1. The first-order chi connectivity index (χ1) is 16.6. The monoisotopic (exact) mass is 488 g/mol. The molecule has 1 amide bonds. The highest BCUT2D eigenvalue weighted by Crippen LogP contribution is 2.31. The van der Waals surface area contributed by atoms with Crippen molar-refractivity contribution < 1.29 is 22.4 Å². The van der Waals surface area contributed by atoms with Gasteiger partial charge in [0.1, 0.15) is 5.69 Å². The molecule has 3 aromatic heterocycles. The smallest absolute Gasteiger partial charge is 0.366 e. The molecule has 4 heterocycles. The van der Waals surface area contributed by atoms with Crippen molar-refractivity contribution in [2.75, 3.05) is 18.4 Å². The summed E-state index contributed by atoms with van der Waals surface area (Å²) in [6.45, 7) is 4.39. The summed E-state index contributed by atoms with van der Waals surface area (Å²) >= 11 is 0. The average molecular weight is 488 g/mol. The minimum Gasteiger partial charge on any atom is -0.366 e. The van der Waals surface area contributed by atoms with Crippen LogP contribution in [0.15, 0.2) is 42.9 Å². The number of amides is 1. The van der Waals surface area contributed by atoms with Crippen LogP contribution in [-0.2, 0) is 6.18 Å². The number of carbonyl (C=O) groups excluding carboxylic acids is 1. The van der Waals surface area contributed by atoms with Gasteiger partial charge in [-0.25, -0.2) is 24.3 Å². The zero-order chi connectivity index (χ0) is 25.2. The van der Waals surface area contributed by atoms with Gasteiger partial charge in [0.05, 0.1) is 11.1 Å². The van der Waals surface area contributed by atoms with Gasteiger partial charge in [-0.3, -0.25) is 4.79 Å². The van der Waals surface area contributed by atoms with E-state index in [1.165, 1.54) is 0 Å². The number of piperidine rings is 1. The Morgan fingerprint density at radius 3 is 2.60 bits per heavy atom. The molecule has 1 aliphatic heterocycles. The minimum atomic E-state index is -4.68. The summed E-state index contributed by atoms with van der Waals surface area (Å²) in [7, 11) is 0. The van der Waals surface area contributed by atoms with Gasteiger partial charge in [0.25, 0.3) is 5.91 Å².